The molecule has 12 heteroatoms. The Morgan fingerprint density at radius 3 is 2.46 bits per heavy atom. The maximum Gasteiger partial charge on any atom is 0.435 e. The number of urea groups is 1. The van der Waals surface area contributed by atoms with E-state index in [0.717, 1.165) is 19.0 Å². The van der Waals surface area contributed by atoms with Crippen LogP contribution in [0.25, 0.3) is 16.8 Å². The van der Waals surface area contributed by atoms with Gasteiger partial charge in [0.05, 0.1) is 11.7 Å². The van der Waals surface area contributed by atoms with Gasteiger partial charge in [-0.2, -0.15) is 13.2 Å². The maximum atomic E-state index is 14.1. The molecule has 0 saturated carbocycles. The summed E-state index contributed by atoms with van der Waals surface area (Å²) in [5.41, 5.74) is -0.513. The van der Waals surface area contributed by atoms with Crippen molar-refractivity contribution in [2.45, 2.75) is 31.5 Å². The van der Waals surface area contributed by atoms with Gasteiger partial charge in [-0.15, -0.1) is 0 Å². The molecule has 5 rings (SSSR count). The molecule has 1 fully saturated rings. The van der Waals surface area contributed by atoms with E-state index in [1.54, 1.807) is 55.5 Å². The molecule has 4 heterocycles. The molecule has 0 radical (unpaired) electrons. The first-order valence-electron chi connectivity index (χ1n) is 12.4. The fourth-order valence-electron chi connectivity index (χ4n) is 4.80. The van der Waals surface area contributed by atoms with Crippen LogP contribution in [-0.4, -0.2) is 61.7 Å². The molecule has 0 bridgehead atoms. The highest BCUT2D eigenvalue weighted by Gasteiger charge is 2.39. The van der Waals surface area contributed by atoms with E-state index in [2.05, 4.69) is 15.3 Å². The highest BCUT2D eigenvalue weighted by atomic mass is 19.4. The van der Waals surface area contributed by atoms with Crippen LogP contribution in [0.4, 0.5) is 23.8 Å². The van der Waals surface area contributed by atoms with Crippen molar-refractivity contribution in [1.82, 2.24) is 29.2 Å². The van der Waals surface area contributed by atoms with E-state index >= 15 is 0 Å². The second kappa shape index (κ2) is 10.4. The summed E-state index contributed by atoms with van der Waals surface area (Å²) in [6.07, 6.45) is 1.52. The molecule has 0 aliphatic carbocycles. The maximum absolute atomic E-state index is 14.1. The first-order valence-corrected chi connectivity index (χ1v) is 12.4. The quantitative estimate of drug-likeness (QED) is 0.383. The third kappa shape index (κ3) is 5.14. The molecule has 3 amide bonds. The lowest BCUT2D eigenvalue weighted by molar-refractivity contribution is -0.140. The van der Waals surface area contributed by atoms with Crippen LogP contribution in [0.15, 0.2) is 61.1 Å². The number of amides is 3. The summed E-state index contributed by atoms with van der Waals surface area (Å²) >= 11 is 0. The molecule has 1 N–H and O–H groups in total. The average Bonchev–Trinajstić information content (AvgIpc) is 3.32. The summed E-state index contributed by atoms with van der Waals surface area (Å²) in [6.45, 7) is 0.475. The normalized spacial score (nSPS) is 15.8. The Morgan fingerprint density at radius 1 is 1.03 bits per heavy atom. The molecule has 0 spiro atoms. The number of pyridine rings is 1. The predicted octanol–water partition coefficient (Wildman–Crippen LogP) is 5.27. The molecule has 3 aromatic heterocycles. The van der Waals surface area contributed by atoms with E-state index < -0.39 is 23.8 Å². The molecule has 1 aromatic carbocycles. The number of alkyl halides is 3. The third-order valence-electron chi connectivity index (χ3n) is 6.61. The number of aromatic nitrogens is 4. The number of benzene rings is 1. The van der Waals surface area contributed by atoms with Crippen molar-refractivity contribution in [3.63, 3.8) is 0 Å². The zero-order valence-electron chi connectivity index (χ0n) is 21.3. The molecule has 0 unspecified atom stereocenters. The number of nitrogens with one attached hydrogen (secondary N) is 1. The summed E-state index contributed by atoms with van der Waals surface area (Å²) < 4.78 is 43.7. The largest absolute Gasteiger partial charge is 0.435 e. The Kier molecular flexibility index (Phi) is 6.94. The van der Waals surface area contributed by atoms with Crippen LogP contribution in [0.3, 0.4) is 0 Å². The summed E-state index contributed by atoms with van der Waals surface area (Å²) in [4.78, 5) is 41.1. The van der Waals surface area contributed by atoms with Gasteiger partial charge in [0, 0.05) is 50.4 Å². The van der Waals surface area contributed by atoms with Gasteiger partial charge in [0.25, 0.3) is 5.91 Å². The molecule has 1 aliphatic heterocycles. The van der Waals surface area contributed by atoms with Crippen molar-refractivity contribution < 1.29 is 22.8 Å². The second-order valence-corrected chi connectivity index (χ2v) is 9.44. The molecule has 1 saturated heterocycles. The first kappa shape index (κ1) is 26.1. The minimum Gasteiger partial charge on any atom is -0.331 e. The van der Waals surface area contributed by atoms with E-state index in [-0.39, 0.29) is 17.2 Å². The van der Waals surface area contributed by atoms with Crippen molar-refractivity contribution >= 4 is 23.3 Å². The zero-order chi connectivity index (χ0) is 27.7. The van der Waals surface area contributed by atoms with Crippen LogP contribution in [0.2, 0.25) is 0 Å². The molecule has 39 heavy (non-hydrogen) atoms. The molecule has 4 aromatic rings. The highest BCUT2D eigenvalue weighted by molar-refractivity contribution is 6.04. The molecule has 202 valence electrons. The number of carbonyl (C=O) groups excluding carboxylic acids is 2. The zero-order valence-corrected chi connectivity index (χ0v) is 21.3. The van der Waals surface area contributed by atoms with Gasteiger partial charge in [-0.1, -0.05) is 18.2 Å². The molecule has 1 aliphatic rings. The van der Waals surface area contributed by atoms with E-state index in [1.807, 2.05) is 0 Å². The SMILES string of the molecule is CN(C)C(=O)N1CCCC[C@H]1c1nc(-c2ccc(C(=O)Nc3ccccn3)cc2)c2c(C(F)(F)F)nccn12. The van der Waals surface area contributed by atoms with Crippen molar-refractivity contribution in [3.05, 3.63) is 78.1 Å². The first-order chi connectivity index (χ1) is 18.6. The predicted molar refractivity (Wildman–Crippen MR) is 138 cm³/mol. The smallest absolute Gasteiger partial charge is 0.331 e. The average molecular weight is 538 g/mol. The van der Waals surface area contributed by atoms with Gasteiger partial charge in [-0.25, -0.2) is 19.7 Å². The number of piperidine rings is 1. The number of carbonyl (C=O) groups is 2. The second-order valence-electron chi connectivity index (χ2n) is 9.44. The number of likely N-dealkylation sites (tertiary alicyclic amines) is 1. The molecule has 9 nitrogen and oxygen atoms in total. The summed E-state index contributed by atoms with van der Waals surface area (Å²) in [5, 5.41) is 2.68. The Bertz CT molecular complexity index is 1500. The van der Waals surface area contributed by atoms with Crippen LogP contribution in [0.5, 0.6) is 0 Å². The third-order valence-corrected chi connectivity index (χ3v) is 6.61. The van der Waals surface area contributed by atoms with Crippen LogP contribution in [0, 0.1) is 0 Å². The van der Waals surface area contributed by atoms with Crippen LogP contribution >= 0.6 is 0 Å². The van der Waals surface area contributed by atoms with Gasteiger partial charge in [0.2, 0.25) is 0 Å². The molecular formula is C27H26F3N7O2. The Balaban J connectivity index is 1.59. The Morgan fingerprint density at radius 2 is 1.79 bits per heavy atom. The summed E-state index contributed by atoms with van der Waals surface area (Å²) in [6, 6.07) is 10.5. The fraction of sp³-hybridized carbons (Fsp3) is 0.296. The lowest BCUT2D eigenvalue weighted by Gasteiger charge is -2.36. The van der Waals surface area contributed by atoms with Crippen molar-refractivity contribution in [3.8, 4) is 11.3 Å². The van der Waals surface area contributed by atoms with E-state index in [4.69, 9.17) is 4.98 Å². The number of imidazole rings is 1. The topological polar surface area (TPSA) is 95.7 Å². The minimum atomic E-state index is -4.73. The van der Waals surface area contributed by atoms with Crippen LogP contribution in [0.1, 0.15) is 47.2 Å². The Labute approximate surface area is 222 Å². The van der Waals surface area contributed by atoms with Crippen molar-refractivity contribution in [2.24, 2.45) is 0 Å². The monoisotopic (exact) mass is 537 g/mol. The van der Waals surface area contributed by atoms with Gasteiger partial charge in [-0.05, 0) is 43.5 Å². The minimum absolute atomic E-state index is 0.0740. The van der Waals surface area contributed by atoms with Gasteiger partial charge in [0.15, 0.2) is 5.69 Å². The van der Waals surface area contributed by atoms with Crippen LogP contribution < -0.4 is 5.32 Å². The molecular weight excluding hydrogens is 511 g/mol. The lowest BCUT2D eigenvalue weighted by atomic mass is 10.0. The number of hydrogen-bond acceptors (Lipinski definition) is 5. The van der Waals surface area contributed by atoms with Gasteiger partial charge >= 0.3 is 12.2 Å². The van der Waals surface area contributed by atoms with Crippen LogP contribution in [-0.2, 0) is 6.18 Å². The standard InChI is InChI=1S/C27H26F3N7O2/c1-35(2)26(39)36-15-6-4-7-19(36)24-34-21(22-23(27(28,29)30)32-14-16-37(22)24)17-9-11-18(12-10-17)25(38)33-20-8-3-5-13-31-20/h3,5,8-14,16,19H,4,6-7,15H2,1-2H3,(H,31,33,38)/t19-/m0/s1. The number of halogens is 3. The van der Waals surface area contributed by atoms with Crippen molar-refractivity contribution in [1.29, 1.82) is 0 Å². The lowest BCUT2D eigenvalue weighted by Crippen LogP contribution is -2.44. The van der Waals surface area contributed by atoms with E-state index in [1.165, 1.54) is 27.6 Å². The summed E-state index contributed by atoms with van der Waals surface area (Å²) in [7, 11) is 3.28. The number of rotatable bonds is 4. The van der Waals surface area contributed by atoms with E-state index in [0.29, 0.717) is 35.7 Å². The molecule has 1 atom stereocenters. The fourth-order valence-corrected chi connectivity index (χ4v) is 4.80. The Hall–Kier alpha value is -4.48. The van der Waals surface area contributed by atoms with E-state index in [9.17, 15) is 22.8 Å². The number of hydrogen-bond donors (Lipinski definition) is 1. The highest BCUT2D eigenvalue weighted by Crippen LogP contribution is 2.39. The van der Waals surface area contributed by atoms with Gasteiger partial charge in [-0.3, -0.25) is 9.20 Å². The van der Waals surface area contributed by atoms with Gasteiger partial charge < -0.3 is 15.1 Å². The van der Waals surface area contributed by atoms with Crippen molar-refractivity contribution in [2.75, 3.05) is 26.0 Å². The number of nitrogens with zero attached hydrogens (tertiary/aromatic N) is 6. The van der Waals surface area contributed by atoms with Gasteiger partial charge in [0.1, 0.15) is 17.2 Å². The summed E-state index contributed by atoms with van der Waals surface area (Å²) in [5.74, 6) is 0.301. The number of fused-ring (bicyclic) bond motifs is 1. The number of anilines is 1.